The first-order chi connectivity index (χ1) is 21.9. The third-order valence-corrected chi connectivity index (χ3v) is 9.93. The largest absolute Gasteiger partial charge is 0.406 e. The molecular formula is C32H37F4N7O3. The number of ether oxygens (including phenoxy) is 1. The zero-order valence-electron chi connectivity index (χ0n) is 25.7. The molecular weight excluding hydrogens is 606 g/mol. The quantitative estimate of drug-likeness (QED) is 0.250. The van der Waals surface area contributed by atoms with Crippen molar-refractivity contribution < 1.29 is 31.6 Å². The third kappa shape index (κ3) is 5.76. The van der Waals surface area contributed by atoms with Crippen LogP contribution in [0.5, 0.6) is 0 Å². The molecule has 10 nitrogen and oxygen atoms in total. The first kappa shape index (κ1) is 30.7. The molecule has 1 amide bonds. The van der Waals surface area contributed by atoms with E-state index < -0.39 is 24.3 Å². The number of alkyl halides is 4. The monoisotopic (exact) mass is 643 g/mol. The Labute approximate surface area is 263 Å². The number of anilines is 1. The number of likely N-dealkylation sites (tertiary alicyclic amines) is 1. The fourth-order valence-corrected chi connectivity index (χ4v) is 7.10. The van der Waals surface area contributed by atoms with Crippen LogP contribution in [0.25, 0.3) is 22.4 Å². The Hall–Kier alpha value is -3.91. The van der Waals surface area contributed by atoms with E-state index >= 15 is 0 Å². The first-order valence-electron chi connectivity index (χ1n) is 15.6. The summed E-state index contributed by atoms with van der Waals surface area (Å²) >= 11 is 0. The minimum absolute atomic E-state index is 0.0325. The molecule has 0 bridgehead atoms. The second kappa shape index (κ2) is 11.4. The van der Waals surface area contributed by atoms with Crippen LogP contribution < -0.4 is 10.6 Å². The van der Waals surface area contributed by atoms with Gasteiger partial charge in [0.15, 0.2) is 0 Å². The van der Waals surface area contributed by atoms with Gasteiger partial charge in [-0.3, -0.25) is 4.79 Å². The van der Waals surface area contributed by atoms with Gasteiger partial charge in [0.25, 0.3) is 5.91 Å². The third-order valence-electron chi connectivity index (χ3n) is 9.93. The highest BCUT2D eigenvalue weighted by Gasteiger charge is 2.61. The number of benzene rings is 1. The molecule has 14 heteroatoms. The number of hydrogen-bond acceptors (Lipinski definition) is 7. The number of nitrogens with one attached hydrogen (secondary N) is 2. The summed E-state index contributed by atoms with van der Waals surface area (Å²) in [5.74, 6) is -0.319. The summed E-state index contributed by atoms with van der Waals surface area (Å²) in [6.45, 7) is 3.42. The number of fused-ring (bicyclic) bond motifs is 1. The van der Waals surface area contributed by atoms with Crippen molar-refractivity contribution in [3.8, 4) is 11.5 Å². The zero-order chi connectivity index (χ0) is 32.3. The van der Waals surface area contributed by atoms with Gasteiger partial charge in [-0.25, -0.2) is 4.39 Å². The minimum atomic E-state index is -4.52. The molecule has 7 rings (SSSR count). The highest BCUT2D eigenvalue weighted by Crippen LogP contribution is 2.55. The van der Waals surface area contributed by atoms with E-state index in [-0.39, 0.29) is 41.4 Å². The molecule has 3 aliphatic rings. The van der Waals surface area contributed by atoms with Crippen molar-refractivity contribution in [3.63, 3.8) is 0 Å². The van der Waals surface area contributed by atoms with Crippen LogP contribution in [0, 0.1) is 5.41 Å². The molecule has 5 heterocycles. The number of nitrogens with zero attached hydrogens (tertiary/aromatic N) is 5. The highest BCUT2D eigenvalue weighted by molar-refractivity contribution is 5.96. The Bertz CT molecular complexity index is 1740. The van der Waals surface area contributed by atoms with E-state index in [0.29, 0.717) is 61.3 Å². The average molecular weight is 644 g/mol. The normalized spacial score (nSPS) is 24.8. The van der Waals surface area contributed by atoms with Gasteiger partial charge in [-0.2, -0.15) is 18.2 Å². The maximum atomic E-state index is 15.0. The standard InChI is InChI=1S/C32H37F4N7O3/c1-30(8-12-45-13-9-30)42-11-6-20(17-42)29(44)37-16-27-39-28(40-46-27)24-14-21-22(4-3-5-23(21)43(24)19-32(34,35)36)38-26-15-31(26)18-41(2)10-7-25(31)33/h3-6,11,14,17,25-26,38H,7-10,12-13,15-16,18-19H2,1-2H3,(H,37,44)/t25-,26?,31?/m1/s1. The number of piperidine rings is 1. The van der Waals surface area contributed by atoms with Gasteiger partial charge in [-0.15, -0.1) is 0 Å². The van der Waals surface area contributed by atoms with Crippen LogP contribution >= 0.6 is 0 Å². The lowest BCUT2D eigenvalue weighted by atomic mass is 9.92. The van der Waals surface area contributed by atoms with Crippen molar-refractivity contribution in [2.75, 3.05) is 38.7 Å². The number of rotatable bonds is 8. The van der Waals surface area contributed by atoms with Crippen LogP contribution in [0.15, 0.2) is 47.2 Å². The summed E-state index contributed by atoms with van der Waals surface area (Å²) < 4.78 is 70.4. The maximum absolute atomic E-state index is 15.0. The molecule has 3 aromatic heterocycles. The summed E-state index contributed by atoms with van der Waals surface area (Å²) in [6, 6.07) is 8.30. The Morgan fingerprint density at radius 1 is 1.20 bits per heavy atom. The van der Waals surface area contributed by atoms with Gasteiger partial charge >= 0.3 is 6.18 Å². The molecule has 1 aliphatic carbocycles. The van der Waals surface area contributed by atoms with E-state index in [0.717, 1.165) is 17.4 Å². The first-order valence-corrected chi connectivity index (χ1v) is 15.6. The molecule has 246 valence electrons. The number of carbonyl (C=O) groups excluding carboxylic acids is 1. The van der Waals surface area contributed by atoms with Crippen molar-refractivity contribution in [3.05, 3.63) is 54.2 Å². The van der Waals surface area contributed by atoms with E-state index in [2.05, 4.69) is 32.6 Å². The fourth-order valence-electron chi connectivity index (χ4n) is 7.10. The van der Waals surface area contributed by atoms with Crippen molar-refractivity contribution in [2.45, 2.75) is 69.6 Å². The summed E-state index contributed by atoms with van der Waals surface area (Å²) in [7, 11) is 1.98. The Kier molecular flexibility index (Phi) is 7.62. The molecule has 3 atom stereocenters. The minimum Gasteiger partial charge on any atom is -0.381 e. The second-order valence-corrected chi connectivity index (χ2v) is 13.2. The molecule has 2 saturated heterocycles. The van der Waals surface area contributed by atoms with Gasteiger partial charge in [0.05, 0.1) is 23.3 Å². The second-order valence-electron chi connectivity index (χ2n) is 13.2. The van der Waals surface area contributed by atoms with Crippen molar-refractivity contribution in [2.24, 2.45) is 5.41 Å². The number of amides is 1. The van der Waals surface area contributed by atoms with Crippen LogP contribution in [0.2, 0.25) is 0 Å². The molecule has 3 fully saturated rings. The van der Waals surface area contributed by atoms with Crippen molar-refractivity contribution in [1.29, 1.82) is 0 Å². The molecule has 4 aromatic rings. The summed E-state index contributed by atoms with van der Waals surface area (Å²) in [5, 5.41) is 10.7. The molecule has 2 unspecified atom stereocenters. The summed E-state index contributed by atoms with van der Waals surface area (Å²) in [6.07, 6.45) is 1.03. The Morgan fingerprint density at radius 3 is 2.78 bits per heavy atom. The van der Waals surface area contributed by atoms with Crippen LogP contribution in [-0.4, -0.2) is 81.8 Å². The van der Waals surface area contributed by atoms with Gasteiger partial charge in [0.1, 0.15) is 12.7 Å². The average Bonchev–Trinajstić information content (AvgIpc) is 3.45. The lowest BCUT2D eigenvalue weighted by Crippen LogP contribution is -2.43. The SMILES string of the molecule is CN1CC[C@@H](F)C2(CC2Nc2cccc3c2cc(-c2noc(CNC(=O)c4ccn(C5(C)CCOCC5)c4)n2)n3CC(F)(F)F)C1. The van der Waals surface area contributed by atoms with Crippen LogP contribution in [0.4, 0.5) is 23.2 Å². The van der Waals surface area contributed by atoms with E-state index in [1.54, 1.807) is 36.5 Å². The Morgan fingerprint density at radius 2 is 2.00 bits per heavy atom. The predicted molar refractivity (Wildman–Crippen MR) is 162 cm³/mol. The van der Waals surface area contributed by atoms with E-state index in [4.69, 9.17) is 9.26 Å². The molecule has 1 aromatic carbocycles. The summed E-state index contributed by atoms with van der Waals surface area (Å²) in [5.41, 5.74) is 0.923. The molecule has 1 spiro atoms. The molecule has 46 heavy (non-hydrogen) atoms. The predicted octanol–water partition coefficient (Wildman–Crippen LogP) is 5.35. The number of halogens is 4. The smallest absolute Gasteiger partial charge is 0.381 e. The number of carbonyl (C=O) groups is 1. The van der Waals surface area contributed by atoms with E-state index in [1.807, 2.05) is 17.8 Å². The van der Waals surface area contributed by atoms with Crippen LogP contribution in [0.3, 0.4) is 0 Å². The maximum Gasteiger partial charge on any atom is 0.406 e. The van der Waals surface area contributed by atoms with Crippen molar-refractivity contribution in [1.82, 2.24) is 29.5 Å². The van der Waals surface area contributed by atoms with E-state index in [1.165, 1.54) is 0 Å². The molecule has 1 saturated carbocycles. The van der Waals surface area contributed by atoms with Crippen molar-refractivity contribution >= 4 is 22.5 Å². The van der Waals surface area contributed by atoms with Gasteiger partial charge in [-0.1, -0.05) is 11.2 Å². The molecule has 0 radical (unpaired) electrons. The zero-order valence-corrected chi connectivity index (χ0v) is 25.7. The van der Waals surface area contributed by atoms with Gasteiger partial charge < -0.3 is 33.9 Å². The van der Waals surface area contributed by atoms with Gasteiger partial charge in [0, 0.05) is 66.8 Å². The fraction of sp³-hybridized carbons (Fsp3) is 0.531. The molecule has 2 N–H and O–H groups in total. The highest BCUT2D eigenvalue weighted by atomic mass is 19.4. The number of aromatic nitrogens is 4. The Balaban J connectivity index is 1.10. The van der Waals surface area contributed by atoms with Crippen LogP contribution in [0.1, 0.15) is 48.9 Å². The number of hydrogen-bond donors (Lipinski definition) is 2. The lowest BCUT2D eigenvalue weighted by Gasteiger charge is -2.35. The van der Waals surface area contributed by atoms with Gasteiger partial charge in [0.2, 0.25) is 11.7 Å². The van der Waals surface area contributed by atoms with Gasteiger partial charge in [-0.05, 0) is 63.9 Å². The van der Waals surface area contributed by atoms with Crippen LogP contribution in [-0.2, 0) is 23.4 Å². The topological polar surface area (TPSA) is 102 Å². The summed E-state index contributed by atoms with van der Waals surface area (Å²) in [4.78, 5) is 19.4. The molecule has 2 aliphatic heterocycles. The van der Waals surface area contributed by atoms with E-state index in [9.17, 15) is 22.4 Å². The lowest BCUT2D eigenvalue weighted by molar-refractivity contribution is -0.139.